The van der Waals surface area contributed by atoms with Gasteiger partial charge in [-0.05, 0) is 61.4 Å². The molecular weight excluding hydrogens is 394 g/mol. The zero-order valence-electron chi connectivity index (χ0n) is 13.6. The van der Waals surface area contributed by atoms with Gasteiger partial charge in [-0.2, -0.15) is 4.31 Å². The average Bonchev–Trinajstić information content (AvgIpc) is 2.51. The lowest BCUT2D eigenvalue weighted by Crippen LogP contribution is -2.34. The van der Waals surface area contributed by atoms with E-state index in [9.17, 15) is 13.2 Å². The largest absolute Gasteiger partial charge is 0.426 e. The second kappa shape index (κ2) is 7.46. The van der Waals surface area contributed by atoms with Crippen molar-refractivity contribution in [3.8, 4) is 5.75 Å². The fourth-order valence-electron chi connectivity index (χ4n) is 1.99. The molecule has 0 N–H and O–H groups in total. The van der Waals surface area contributed by atoms with Crippen LogP contribution >= 0.6 is 15.9 Å². The van der Waals surface area contributed by atoms with Crippen molar-refractivity contribution in [2.45, 2.75) is 18.7 Å². The fraction of sp³-hybridized carbons (Fsp3) is 0.235. The summed E-state index contributed by atoms with van der Waals surface area (Å²) < 4.78 is 31.8. The van der Waals surface area contributed by atoms with E-state index in [1.54, 1.807) is 24.3 Å². The van der Waals surface area contributed by atoms with Crippen molar-refractivity contribution in [3.63, 3.8) is 0 Å². The molecule has 2 rings (SSSR count). The number of carbonyl (C=O) groups excluding carboxylic acids is 1. The normalized spacial score (nSPS) is 11.5. The number of sulfonamides is 1. The van der Waals surface area contributed by atoms with Gasteiger partial charge in [0.15, 0.2) is 0 Å². The summed E-state index contributed by atoms with van der Waals surface area (Å²) in [6, 6.07) is 11.5. The number of likely N-dealkylation sites (N-methyl/N-ethyl adjacent to an activating group) is 1. The van der Waals surface area contributed by atoms with Crippen LogP contribution in [0.25, 0.3) is 0 Å². The van der Waals surface area contributed by atoms with Gasteiger partial charge in [0.25, 0.3) is 0 Å². The second-order valence-corrected chi connectivity index (χ2v) is 8.40. The molecule has 0 saturated heterocycles. The molecular formula is C17H18BrNO4S. The van der Waals surface area contributed by atoms with Crippen LogP contribution in [-0.2, 0) is 14.8 Å². The molecule has 0 spiro atoms. The number of carbonyl (C=O) groups is 1. The predicted molar refractivity (Wildman–Crippen MR) is 95.5 cm³/mol. The van der Waals surface area contributed by atoms with Crippen molar-refractivity contribution in [2.24, 2.45) is 0 Å². The van der Waals surface area contributed by atoms with Gasteiger partial charge in [0.2, 0.25) is 10.0 Å². The highest BCUT2D eigenvalue weighted by Crippen LogP contribution is 2.19. The van der Waals surface area contributed by atoms with E-state index in [0.717, 1.165) is 19.9 Å². The highest BCUT2D eigenvalue weighted by molar-refractivity contribution is 9.10. The molecule has 2 aromatic carbocycles. The summed E-state index contributed by atoms with van der Waals surface area (Å²) in [5.74, 6) is -0.237. The molecule has 0 aliphatic heterocycles. The number of hydrogen-bond donors (Lipinski definition) is 0. The van der Waals surface area contributed by atoms with Crippen molar-refractivity contribution in [1.29, 1.82) is 0 Å². The molecule has 0 unspecified atom stereocenters. The molecule has 0 heterocycles. The summed E-state index contributed by atoms with van der Waals surface area (Å²) in [6.07, 6.45) is 0. The molecule has 0 saturated carbocycles. The molecule has 0 amide bonds. The first-order chi connectivity index (χ1) is 11.2. The zero-order valence-corrected chi connectivity index (χ0v) is 16.0. The van der Waals surface area contributed by atoms with E-state index in [4.69, 9.17) is 4.74 Å². The minimum atomic E-state index is -3.75. The standard InChI is InChI=1S/C17H18BrNO4S/c1-12-4-7-15(10-13(12)2)23-17(20)11-19(3)24(21,22)16-8-5-14(18)6-9-16/h4-10H,11H2,1-3H3. The van der Waals surface area contributed by atoms with Crippen molar-refractivity contribution in [3.05, 3.63) is 58.1 Å². The molecule has 128 valence electrons. The quantitative estimate of drug-likeness (QED) is 0.559. The van der Waals surface area contributed by atoms with Gasteiger partial charge in [-0.1, -0.05) is 22.0 Å². The number of halogens is 1. The van der Waals surface area contributed by atoms with E-state index < -0.39 is 16.0 Å². The van der Waals surface area contributed by atoms with Crippen molar-refractivity contribution in [1.82, 2.24) is 4.31 Å². The van der Waals surface area contributed by atoms with E-state index in [0.29, 0.717) is 5.75 Å². The lowest BCUT2D eigenvalue weighted by atomic mass is 10.1. The molecule has 7 heteroatoms. The smallest absolute Gasteiger partial charge is 0.326 e. The van der Waals surface area contributed by atoms with Crippen LogP contribution in [0.1, 0.15) is 11.1 Å². The number of benzene rings is 2. The van der Waals surface area contributed by atoms with Gasteiger partial charge in [0, 0.05) is 11.5 Å². The van der Waals surface area contributed by atoms with Gasteiger partial charge in [-0.25, -0.2) is 8.42 Å². The zero-order chi connectivity index (χ0) is 17.9. The number of ether oxygens (including phenoxy) is 1. The highest BCUT2D eigenvalue weighted by Gasteiger charge is 2.23. The fourth-order valence-corrected chi connectivity index (χ4v) is 3.37. The number of rotatable bonds is 5. The predicted octanol–water partition coefficient (Wildman–Crippen LogP) is 3.29. The van der Waals surface area contributed by atoms with Gasteiger partial charge < -0.3 is 4.74 Å². The molecule has 24 heavy (non-hydrogen) atoms. The maximum Gasteiger partial charge on any atom is 0.326 e. The molecule has 0 atom stereocenters. The third-order valence-electron chi connectivity index (χ3n) is 3.58. The Kier molecular flexibility index (Phi) is 5.79. The lowest BCUT2D eigenvalue weighted by molar-refractivity contribution is -0.134. The molecule has 0 bridgehead atoms. The van der Waals surface area contributed by atoms with Crippen LogP contribution < -0.4 is 4.74 Å². The highest BCUT2D eigenvalue weighted by atomic mass is 79.9. The third-order valence-corrected chi connectivity index (χ3v) is 5.93. The summed E-state index contributed by atoms with van der Waals surface area (Å²) in [5.41, 5.74) is 2.08. The lowest BCUT2D eigenvalue weighted by Gasteiger charge is -2.16. The van der Waals surface area contributed by atoms with E-state index >= 15 is 0 Å². The average molecular weight is 412 g/mol. The van der Waals surface area contributed by atoms with Crippen LogP contribution in [0, 0.1) is 13.8 Å². The summed E-state index contributed by atoms with van der Waals surface area (Å²) in [7, 11) is -2.40. The Labute approximate surface area is 150 Å². The topological polar surface area (TPSA) is 63.7 Å². The Morgan fingerprint density at radius 2 is 1.71 bits per heavy atom. The van der Waals surface area contributed by atoms with Crippen molar-refractivity contribution in [2.75, 3.05) is 13.6 Å². The Balaban J connectivity index is 2.07. The molecule has 0 radical (unpaired) electrons. The van der Waals surface area contributed by atoms with Crippen LogP contribution in [0.15, 0.2) is 51.8 Å². The number of aryl methyl sites for hydroxylation is 2. The van der Waals surface area contributed by atoms with Crippen LogP contribution in [0.4, 0.5) is 0 Å². The number of esters is 1. The Morgan fingerprint density at radius 1 is 1.08 bits per heavy atom. The maximum absolute atomic E-state index is 12.4. The van der Waals surface area contributed by atoms with Crippen LogP contribution in [0.5, 0.6) is 5.75 Å². The maximum atomic E-state index is 12.4. The van der Waals surface area contributed by atoms with Crippen LogP contribution in [0.3, 0.4) is 0 Å². The summed E-state index contributed by atoms with van der Waals surface area (Å²) >= 11 is 3.25. The molecule has 2 aromatic rings. The van der Waals surface area contributed by atoms with Crippen molar-refractivity contribution < 1.29 is 17.9 Å². The van der Waals surface area contributed by atoms with Crippen molar-refractivity contribution >= 4 is 31.9 Å². The number of hydrogen-bond acceptors (Lipinski definition) is 4. The first-order valence-corrected chi connectivity index (χ1v) is 9.43. The molecule has 0 fully saturated rings. The summed E-state index contributed by atoms with van der Waals surface area (Å²) in [6.45, 7) is 3.50. The van der Waals surface area contributed by atoms with Crippen LogP contribution in [-0.4, -0.2) is 32.3 Å². The van der Waals surface area contributed by atoms with E-state index in [-0.39, 0.29) is 11.4 Å². The van der Waals surface area contributed by atoms with E-state index in [1.165, 1.54) is 19.2 Å². The van der Waals surface area contributed by atoms with Gasteiger partial charge >= 0.3 is 5.97 Å². The Morgan fingerprint density at radius 3 is 2.29 bits per heavy atom. The molecule has 5 nitrogen and oxygen atoms in total. The first-order valence-electron chi connectivity index (χ1n) is 7.20. The van der Waals surface area contributed by atoms with Gasteiger partial charge in [-0.3, -0.25) is 4.79 Å². The number of nitrogens with zero attached hydrogens (tertiary/aromatic N) is 1. The summed E-state index contributed by atoms with van der Waals surface area (Å²) in [5, 5.41) is 0. The molecule has 0 aliphatic rings. The monoisotopic (exact) mass is 411 g/mol. The molecule has 0 aromatic heterocycles. The van der Waals surface area contributed by atoms with E-state index in [2.05, 4.69) is 15.9 Å². The van der Waals surface area contributed by atoms with Crippen LogP contribution in [0.2, 0.25) is 0 Å². The summed E-state index contributed by atoms with van der Waals surface area (Å²) in [4.78, 5) is 12.1. The van der Waals surface area contributed by atoms with Gasteiger partial charge in [0.05, 0.1) is 4.90 Å². The Hall–Kier alpha value is -1.70. The second-order valence-electron chi connectivity index (χ2n) is 5.44. The minimum Gasteiger partial charge on any atom is -0.426 e. The van der Waals surface area contributed by atoms with Gasteiger partial charge in [0.1, 0.15) is 12.3 Å². The minimum absolute atomic E-state index is 0.118. The first kappa shape index (κ1) is 18.6. The SMILES string of the molecule is Cc1ccc(OC(=O)CN(C)S(=O)(=O)c2ccc(Br)cc2)cc1C. The Bertz CT molecular complexity index is 847. The molecule has 0 aliphatic carbocycles. The van der Waals surface area contributed by atoms with E-state index in [1.807, 2.05) is 19.9 Å². The van der Waals surface area contributed by atoms with Gasteiger partial charge in [-0.15, -0.1) is 0 Å². The third kappa shape index (κ3) is 4.43.